The molecule has 5 rings (SSSR count). The maximum atomic E-state index is 13.6. The number of rotatable bonds is 5. The maximum absolute atomic E-state index is 13.6. The van der Waals surface area contributed by atoms with Crippen molar-refractivity contribution in [1.29, 1.82) is 0 Å². The topological polar surface area (TPSA) is 114 Å². The first-order valence-electron chi connectivity index (χ1n) is 10.6. The van der Waals surface area contributed by atoms with E-state index in [9.17, 15) is 14.4 Å². The molecule has 3 fully saturated rings. The van der Waals surface area contributed by atoms with Gasteiger partial charge in [0.1, 0.15) is 30.5 Å². The number of halogens is 1. The molecule has 2 aliphatic heterocycles. The number of hydrogen-bond acceptors (Lipinski definition) is 8. The Morgan fingerprint density at radius 2 is 2.03 bits per heavy atom. The second kappa shape index (κ2) is 8.84. The molecule has 1 aliphatic carbocycles. The summed E-state index contributed by atoms with van der Waals surface area (Å²) in [7, 11) is 0. The highest BCUT2D eigenvalue weighted by Gasteiger charge is 2.53. The molecule has 1 N–H and O–H groups in total. The van der Waals surface area contributed by atoms with Crippen LogP contribution in [0, 0.1) is 5.92 Å². The van der Waals surface area contributed by atoms with Gasteiger partial charge in [-0.1, -0.05) is 12.8 Å². The Bertz CT molecular complexity index is 1030. The normalized spacial score (nSPS) is 26.3. The number of ether oxygens (including phenoxy) is 1. The van der Waals surface area contributed by atoms with Crippen molar-refractivity contribution in [2.75, 3.05) is 13.2 Å². The molecular weight excluding hydrogens is 454 g/mol. The molecule has 0 bridgehead atoms. The van der Waals surface area contributed by atoms with Crippen molar-refractivity contribution in [3.8, 4) is 10.6 Å². The zero-order valence-corrected chi connectivity index (χ0v) is 18.7. The number of carbonyl (C=O) groups excluding carboxylic acids is 3. The summed E-state index contributed by atoms with van der Waals surface area (Å²) in [5.41, 5.74) is 0.628. The van der Waals surface area contributed by atoms with Gasteiger partial charge in [-0.15, -0.1) is 22.9 Å². The van der Waals surface area contributed by atoms with Gasteiger partial charge in [-0.3, -0.25) is 24.4 Å². The number of thiazole rings is 1. The van der Waals surface area contributed by atoms with Gasteiger partial charge in [0.2, 0.25) is 5.91 Å². The van der Waals surface area contributed by atoms with Gasteiger partial charge in [0.05, 0.1) is 16.5 Å². The zero-order valence-electron chi connectivity index (χ0n) is 17.1. The van der Waals surface area contributed by atoms with Crippen molar-refractivity contribution in [1.82, 2.24) is 25.2 Å². The van der Waals surface area contributed by atoms with Crippen molar-refractivity contribution < 1.29 is 19.1 Å². The average molecular weight is 476 g/mol. The first kappa shape index (κ1) is 21.4. The molecule has 2 saturated heterocycles. The highest BCUT2D eigenvalue weighted by Crippen LogP contribution is 2.34. The van der Waals surface area contributed by atoms with Gasteiger partial charge >= 0.3 is 0 Å². The van der Waals surface area contributed by atoms with Crippen LogP contribution in [0.15, 0.2) is 24.8 Å². The number of nitrogens with zero attached hydrogens (tertiary/aromatic N) is 4. The maximum Gasteiger partial charge on any atom is 0.280 e. The summed E-state index contributed by atoms with van der Waals surface area (Å²) in [6.45, 7) is 0.196. The summed E-state index contributed by atoms with van der Waals surface area (Å²) in [4.78, 5) is 53.7. The molecule has 0 spiro atoms. The van der Waals surface area contributed by atoms with Crippen molar-refractivity contribution in [3.63, 3.8) is 0 Å². The lowest BCUT2D eigenvalue weighted by Crippen LogP contribution is -2.54. The Balaban J connectivity index is 1.36. The predicted molar refractivity (Wildman–Crippen MR) is 116 cm³/mol. The van der Waals surface area contributed by atoms with E-state index in [0.29, 0.717) is 10.6 Å². The molecule has 2 aromatic rings. The Labute approximate surface area is 193 Å². The van der Waals surface area contributed by atoms with Crippen molar-refractivity contribution >= 4 is 40.5 Å². The molecule has 2 amide bonds. The third-order valence-corrected chi connectivity index (χ3v) is 7.75. The lowest BCUT2D eigenvalue weighted by atomic mass is 9.96. The number of ketones is 1. The van der Waals surface area contributed by atoms with Crippen LogP contribution in [0.1, 0.15) is 35.5 Å². The number of fused-ring (bicyclic) bond motifs is 1. The summed E-state index contributed by atoms with van der Waals surface area (Å²) in [5.74, 6) is -0.817. The molecule has 0 aromatic carbocycles. The second-order valence-corrected chi connectivity index (χ2v) is 9.90. The van der Waals surface area contributed by atoms with Crippen LogP contribution in [0.4, 0.5) is 0 Å². The Morgan fingerprint density at radius 1 is 1.22 bits per heavy atom. The second-order valence-electron chi connectivity index (χ2n) is 8.31. The number of alkyl halides is 1. The monoisotopic (exact) mass is 475 g/mol. The SMILES string of the molecule is O=C(N[C@H](C(=O)N1C[C@H](Cl)[C@H]2OCC(=O)[C@H]21)C1CCCC1)c1ncc(-c2cnccn2)s1. The minimum Gasteiger partial charge on any atom is -0.366 e. The van der Waals surface area contributed by atoms with Crippen molar-refractivity contribution in [3.05, 3.63) is 29.8 Å². The summed E-state index contributed by atoms with van der Waals surface area (Å²) < 4.78 is 5.50. The number of nitrogens with one attached hydrogen (secondary N) is 1. The number of carbonyl (C=O) groups is 3. The quantitative estimate of drug-likeness (QED) is 0.654. The van der Waals surface area contributed by atoms with E-state index in [2.05, 4.69) is 20.3 Å². The molecule has 2 aromatic heterocycles. The predicted octanol–water partition coefficient (Wildman–Crippen LogP) is 1.67. The number of aromatic nitrogens is 3. The third-order valence-electron chi connectivity index (χ3n) is 6.35. The van der Waals surface area contributed by atoms with E-state index in [-0.39, 0.29) is 35.8 Å². The number of Topliss-reactive ketones (excluding diaryl/α,β-unsaturated/α-hetero) is 1. The van der Waals surface area contributed by atoms with Gasteiger partial charge in [-0.2, -0.15) is 0 Å². The third kappa shape index (κ3) is 3.91. The molecular formula is C21H22ClN5O4S. The molecule has 11 heteroatoms. The first-order chi connectivity index (χ1) is 15.5. The lowest BCUT2D eigenvalue weighted by molar-refractivity contribution is -0.139. The lowest BCUT2D eigenvalue weighted by Gasteiger charge is -2.30. The largest absolute Gasteiger partial charge is 0.366 e. The van der Waals surface area contributed by atoms with E-state index in [1.54, 1.807) is 24.8 Å². The van der Waals surface area contributed by atoms with Gasteiger partial charge in [0.25, 0.3) is 5.91 Å². The average Bonchev–Trinajstić information content (AvgIpc) is 3.59. The molecule has 3 aliphatic rings. The van der Waals surface area contributed by atoms with Gasteiger partial charge < -0.3 is 15.0 Å². The van der Waals surface area contributed by atoms with Gasteiger partial charge in [-0.25, -0.2) is 4.98 Å². The van der Waals surface area contributed by atoms with Gasteiger partial charge in [-0.05, 0) is 18.8 Å². The minimum atomic E-state index is -0.732. The van der Waals surface area contributed by atoms with Gasteiger partial charge in [0, 0.05) is 25.1 Å². The summed E-state index contributed by atoms with van der Waals surface area (Å²) in [6, 6.07) is -1.40. The number of amides is 2. The summed E-state index contributed by atoms with van der Waals surface area (Å²) >= 11 is 7.56. The van der Waals surface area contributed by atoms with E-state index >= 15 is 0 Å². The molecule has 32 heavy (non-hydrogen) atoms. The van der Waals surface area contributed by atoms with Crippen LogP contribution in [0.25, 0.3) is 10.6 Å². The Hall–Kier alpha value is -2.43. The van der Waals surface area contributed by atoms with E-state index < -0.39 is 29.5 Å². The molecule has 4 heterocycles. The first-order valence-corrected chi connectivity index (χ1v) is 11.9. The van der Waals surface area contributed by atoms with Crippen LogP contribution in [0.2, 0.25) is 0 Å². The fourth-order valence-corrected chi connectivity index (χ4v) is 5.94. The smallest absolute Gasteiger partial charge is 0.280 e. The van der Waals surface area contributed by atoms with Crippen LogP contribution in [0.3, 0.4) is 0 Å². The Morgan fingerprint density at radius 3 is 2.78 bits per heavy atom. The van der Waals surface area contributed by atoms with E-state index in [1.165, 1.54) is 16.2 Å². The minimum absolute atomic E-state index is 0.0103. The fourth-order valence-electron chi connectivity index (χ4n) is 4.80. The highest BCUT2D eigenvalue weighted by molar-refractivity contribution is 7.16. The van der Waals surface area contributed by atoms with Crippen molar-refractivity contribution in [2.24, 2.45) is 5.92 Å². The molecule has 1 saturated carbocycles. The van der Waals surface area contributed by atoms with Crippen molar-refractivity contribution in [2.45, 2.75) is 49.2 Å². The molecule has 0 unspecified atom stereocenters. The zero-order chi connectivity index (χ0) is 22.2. The van der Waals surface area contributed by atoms with E-state index in [1.807, 2.05) is 0 Å². The number of likely N-dealkylation sites (tertiary alicyclic amines) is 1. The van der Waals surface area contributed by atoms with E-state index in [0.717, 1.165) is 25.7 Å². The molecule has 9 nitrogen and oxygen atoms in total. The Kier molecular flexibility index (Phi) is 5.92. The van der Waals surface area contributed by atoms with E-state index in [4.69, 9.17) is 16.3 Å². The molecule has 4 atom stereocenters. The highest BCUT2D eigenvalue weighted by atomic mass is 35.5. The van der Waals surface area contributed by atoms with Crippen LogP contribution >= 0.6 is 22.9 Å². The van der Waals surface area contributed by atoms with Crippen LogP contribution in [-0.2, 0) is 14.3 Å². The van der Waals surface area contributed by atoms with Crippen LogP contribution < -0.4 is 5.32 Å². The molecule has 168 valence electrons. The number of hydrogen-bond donors (Lipinski definition) is 1. The van der Waals surface area contributed by atoms with Crippen LogP contribution in [0.5, 0.6) is 0 Å². The van der Waals surface area contributed by atoms with Crippen LogP contribution in [-0.4, -0.2) is 74.2 Å². The van der Waals surface area contributed by atoms with Gasteiger partial charge in [0.15, 0.2) is 10.8 Å². The molecule has 0 radical (unpaired) electrons. The standard InChI is InChI=1S/C21H22ClN5O4S/c22-12-9-27(17-14(28)10-31-18(12)17)21(30)16(11-3-1-2-4-11)26-19(29)20-25-8-15(32-20)13-7-23-5-6-24-13/h5-8,11-12,16-18H,1-4,9-10H2,(H,26,29)/t12-,16-,17+,18+/m0/s1. The summed E-state index contributed by atoms with van der Waals surface area (Å²) in [6.07, 6.45) is 9.54. The fraction of sp³-hybridized carbons (Fsp3) is 0.524. The summed E-state index contributed by atoms with van der Waals surface area (Å²) in [5, 5.41) is 2.72.